The summed E-state index contributed by atoms with van der Waals surface area (Å²) in [5, 5.41) is 11.8. The lowest BCUT2D eigenvalue weighted by Gasteiger charge is -2.31. The van der Waals surface area contributed by atoms with E-state index in [1.807, 2.05) is 12.1 Å². The van der Waals surface area contributed by atoms with Gasteiger partial charge in [-0.3, -0.25) is 33.2 Å². The maximum absolute atomic E-state index is 12.9. The number of rotatable bonds is 6. The molecule has 0 aromatic heterocycles. The van der Waals surface area contributed by atoms with Crippen LogP contribution in [0.4, 0.5) is 15.8 Å². The van der Waals surface area contributed by atoms with Crippen molar-refractivity contribution in [1.82, 2.24) is 9.80 Å². The van der Waals surface area contributed by atoms with Crippen molar-refractivity contribution in [2.24, 2.45) is 23.7 Å². The number of hydrogen-bond donors (Lipinski definition) is 2. The molecule has 2 aromatic rings. The molecule has 270 valence electrons. The highest BCUT2D eigenvalue weighted by atomic mass is 19.1. The predicted octanol–water partition coefficient (Wildman–Crippen LogP) is 4.64. The maximum Gasteiger partial charge on any atom is 0.308 e. The van der Waals surface area contributed by atoms with E-state index in [1.165, 1.54) is 7.11 Å². The first-order valence-electron chi connectivity index (χ1n) is 17.7. The molecule has 13 heteroatoms. The number of aliphatic carboxylic acids is 1. The van der Waals surface area contributed by atoms with Gasteiger partial charge in [0.25, 0.3) is 11.8 Å². The molecule has 4 amide bonds. The molecule has 50 heavy (non-hydrogen) atoms. The zero-order valence-electron chi connectivity index (χ0n) is 29.6. The van der Waals surface area contributed by atoms with Gasteiger partial charge in [0, 0.05) is 20.1 Å². The Kier molecular flexibility index (Phi) is 12.9. The lowest BCUT2D eigenvalue weighted by Crippen LogP contribution is -2.41. The fourth-order valence-electron chi connectivity index (χ4n) is 7.23. The van der Waals surface area contributed by atoms with Gasteiger partial charge in [0.05, 0.1) is 50.0 Å². The Labute approximate surface area is 293 Å². The molecular weight excluding hydrogens is 647 g/mol. The van der Waals surface area contributed by atoms with Gasteiger partial charge >= 0.3 is 11.9 Å². The number of anilines is 2. The largest absolute Gasteiger partial charge is 0.481 e. The molecule has 2 heterocycles. The van der Waals surface area contributed by atoms with Crippen LogP contribution < -0.4 is 10.2 Å². The molecule has 2 saturated carbocycles. The molecule has 2 aliphatic heterocycles. The van der Waals surface area contributed by atoms with Crippen LogP contribution in [0.5, 0.6) is 0 Å². The highest BCUT2D eigenvalue weighted by molar-refractivity contribution is 6.09. The first-order chi connectivity index (χ1) is 24.5. The van der Waals surface area contributed by atoms with Gasteiger partial charge in [0.15, 0.2) is 0 Å². The Morgan fingerprint density at radius 1 is 0.820 bits per heavy atom. The second-order valence-electron chi connectivity index (χ2n) is 13.2. The fraction of sp³-hybridized carbons (Fsp3) is 0.514. The summed E-state index contributed by atoms with van der Waals surface area (Å²) in [6.07, 6.45) is 6.15. The average Bonchev–Trinajstić information content (AvgIpc) is 3.31. The van der Waals surface area contributed by atoms with Crippen molar-refractivity contribution >= 4 is 46.9 Å². The number of methoxy groups -OCH3 is 1. The lowest BCUT2D eigenvalue weighted by molar-refractivity contribution is -0.147. The number of likely N-dealkylation sites (N-methyl/N-ethyl adjacent to an activating group) is 1. The number of benzene rings is 2. The summed E-state index contributed by atoms with van der Waals surface area (Å²) in [7, 11) is 2.13. The predicted molar refractivity (Wildman–Crippen MR) is 184 cm³/mol. The van der Waals surface area contributed by atoms with Gasteiger partial charge in [-0.05, 0) is 87.5 Å². The van der Waals surface area contributed by atoms with E-state index < -0.39 is 13.1 Å². The third-order valence-electron chi connectivity index (χ3n) is 10.1. The second kappa shape index (κ2) is 17.7. The number of halogens is 1. The van der Waals surface area contributed by atoms with E-state index in [1.54, 1.807) is 58.1 Å². The number of amides is 4. The SMILES string of the molecule is COC(=O)C1CCC(CN2CC(=O)N(C)c3ccccc3C2=O)CC1.O=C1CN(CC2CCC(C(=O)O)CC2)C(=O)c2ccccc2N1.[2H]CF. The average molecular weight is 696 g/mol. The molecule has 2 N–H and O–H groups in total. The zero-order valence-corrected chi connectivity index (χ0v) is 28.6. The van der Waals surface area contributed by atoms with E-state index in [2.05, 4.69) is 5.32 Å². The van der Waals surface area contributed by atoms with Gasteiger partial charge in [-0.25, -0.2) is 0 Å². The second-order valence-corrected chi connectivity index (χ2v) is 13.2. The van der Waals surface area contributed by atoms with Gasteiger partial charge in [-0.15, -0.1) is 0 Å². The lowest BCUT2D eigenvalue weighted by atomic mass is 9.81. The van der Waals surface area contributed by atoms with E-state index in [0.29, 0.717) is 54.4 Å². The number of carbonyl (C=O) groups excluding carboxylic acids is 5. The molecule has 2 fully saturated rings. The van der Waals surface area contributed by atoms with E-state index >= 15 is 0 Å². The van der Waals surface area contributed by atoms with E-state index in [0.717, 1.165) is 38.5 Å². The quantitative estimate of drug-likeness (QED) is 0.415. The molecular formula is C37H47FN4O8. The van der Waals surface area contributed by atoms with Crippen molar-refractivity contribution < 1.29 is 44.4 Å². The molecule has 6 rings (SSSR count). The number of esters is 1. The highest BCUT2D eigenvalue weighted by Crippen LogP contribution is 2.33. The molecule has 0 spiro atoms. The van der Waals surface area contributed by atoms with E-state index in [4.69, 9.17) is 11.2 Å². The topological polar surface area (TPSA) is 154 Å². The van der Waals surface area contributed by atoms with Gasteiger partial charge in [-0.1, -0.05) is 24.3 Å². The van der Waals surface area contributed by atoms with Crippen LogP contribution in [0.15, 0.2) is 48.5 Å². The van der Waals surface area contributed by atoms with Gasteiger partial charge in [0.1, 0.15) is 13.1 Å². The van der Waals surface area contributed by atoms with Crippen LogP contribution in [0.25, 0.3) is 0 Å². The molecule has 0 unspecified atom stereocenters. The first-order valence-corrected chi connectivity index (χ1v) is 17.0. The maximum atomic E-state index is 12.9. The Hall–Kier alpha value is -4.81. The molecule has 0 radical (unpaired) electrons. The van der Waals surface area contributed by atoms with Crippen LogP contribution in [0.1, 0.15) is 73.5 Å². The number of carboxylic acid groups (broad SMARTS) is 1. The number of carbonyl (C=O) groups is 6. The molecule has 2 aliphatic carbocycles. The minimum atomic E-state index is -1.00. The summed E-state index contributed by atoms with van der Waals surface area (Å²) in [6.45, 7) is 1.21. The molecule has 0 saturated heterocycles. The molecule has 4 aliphatic rings. The number of para-hydroxylation sites is 2. The van der Waals surface area contributed by atoms with Gasteiger partial charge < -0.3 is 29.9 Å². The van der Waals surface area contributed by atoms with Crippen molar-refractivity contribution in [2.75, 3.05) is 57.7 Å². The van der Waals surface area contributed by atoms with Crippen molar-refractivity contribution in [3.8, 4) is 0 Å². The van der Waals surface area contributed by atoms with Crippen LogP contribution >= 0.6 is 0 Å². The molecule has 12 nitrogen and oxygen atoms in total. The third kappa shape index (κ3) is 9.25. The summed E-state index contributed by atoms with van der Waals surface area (Å²) in [5.74, 6) is -1.12. The number of fused-ring (bicyclic) bond motifs is 2. The molecule has 2 aromatic carbocycles. The van der Waals surface area contributed by atoms with Crippen LogP contribution in [0, 0.1) is 23.7 Å². The Morgan fingerprint density at radius 3 is 1.90 bits per heavy atom. The Morgan fingerprint density at radius 2 is 1.32 bits per heavy atom. The number of carboxylic acids is 1. The summed E-state index contributed by atoms with van der Waals surface area (Å²) >= 11 is 0. The number of alkyl halides is 1. The van der Waals surface area contributed by atoms with Crippen LogP contribution in [-0.4, -0.2) is 98.0 Å². The van der Waals surface area contributed by atoms with E-state index in [-0.39, 0.29) is 60.4 Å². The summed E-state index contributed by atoms with van der Waals surface area (Å²) in [6, 6.07) is 14.2. The zero-order chi connectivity index (χ0) is 37.1. The Balaban J connectivity index is 0.000000213. The number of nitrogens with zero attached hydrogens (tertiary/aromatic N) is 3. The molecule has 0 atom stereocenters. The van der Waals surface area contributed by atoms with Crippen LogP contribution in [0.3, 0.4) is 0 Å². The van der Waals surface area contributed by atoms with Crippen LogP contribution in [-0.2, 0) is 23.9 Å². The summed E-state index contributed by atoms with van der Waals surface area (Å²) in [5.41, 5.74) is 2.30. The fourth-order valence-corrected chi connectivity index (χ4v) is 7.23. The van der Waals surface area contributed by atoms with E-state index in [9.17, 15) is 33.2 Å². The molecule has 0 bridgehead atoms. The summed E-state index contributed by atoms with van der Waals surface area (Å²) in [4.78, 5) is 77.4. The normalized spacial score (nSPS) is 23.7. The van der Waals surface area contributed by atoms with Gasteiger partial charge in [-0.2, -0.15) is 0 Å². The van der Waals surface area contributed by atoms with Crippen molar-refractivity contribution in [3.05, 3.63) is 59.7 Å². The standard InChI is InChI=1S/C19H24N2O4.C17H20N2O4.CH3F/c1-20-16-6-4-3-5-15(16)18(23)21(12-17(20)22)11-13-7-9-14(10-8-13)19(24)25-2;20-15-10-19(9-11-5-7-12(8-6-11)17(22)23)16(21)13-3-1-2-4-14(13)18-15;1-2/h3-6,13-14H,7-12H2,1-2H3;1-4,11-12H,5-10H2,(H,18,20)(H,22,23);1H3/i;;1D. The first kappa shape index (κ1) is 36.5. The number of hydrogen-bond acceptors (Lipinski definition) is 7. The van der Waals surface area contributed by atoms with Crippen molar-refractivity contribution in [3.63, 3.8) is 0 Å². The van der Waals surface area contributed by atoms with Crippen molar-refractivity contribution in [1.29, 1.82) is 0 Å². The summed E-state index contributed by atoms with van der Waals surface area (Å²) < 4.78 is 20.3. The third-order valence-corrected chi connectivity index (χ3v) is 10.1. The van der Waals surface area contributed by atoms with Crippen molar-refractivity contribution in [2.45, 2.75) is 51.4 Å². The number of nitrogens with one attached hydrogen (secondary N) is 1. The number of ether oxygens (including phenoxy) is 1. The minimum Gasteiger partial charge on any atom is -0.481 e. The van der Waals surface area contributed by atoms with Crippen LogP contribution in [0.2, 0.25) is 0 Å². The highest BCUT2D eigenvalue weighted by Gasteiger charge is 2.34. The minimum absolute atomic E-state index is 0.0328. The Bertz CT molecular complexity index is 1580. The monoisotopic (exact) mass is 695 g/mol. The smallest absolute Gasteiger partial charge is 0.308 e. The van der Waals surface area contributed by atoms with Gasteiger partial charge in [0.2, 0.25) is 11.8 Å².